The Morgan fingerprint density at radius 3 is 2.56 bits per heavy atom. The highest BCUT2D eigenvalue weighted by Crippen LogP contribution is 2.11. The molecule has 0 unspecified atom stereocenters. The number of halogens is 1. The van der Waals surface area contributed by atoms with E-state index in [0.717, 1.165) is 4.38 Å². The van der Waals surface area contributed by atoms with Crippen LogP contribution in [0.15, 0.2) is 28.4 Å². The predicted molar refractivity (Wildman–Crippen MR) is 74.4 cm³/mol. The summed E-state index contributed by atoms with van der Waals surface area (Å²) >= 11 is 8.77. The summed E-state index contributed by atoms with van der Waals surface area (Å²) in [6.45, 7) is 0. The summed E-state index contributed by atoms with van der Waals surface area (Å²) in [6.07, 6.45) is 3.86. The van der Waals surface area contributed by atoms with Gasteiger partial charge in [0.15, 0.2) is 10.2 Å². The maximum absolute atomic E-state index is 5.74. The molecule has 0 aliphatic rings. The Labute approximate surface area is 108 Å². The van der Waals surface area contributed by atoms with Crippen molar-refractivity contribution in [2.24, 2.45) is 15.9 Å². The number of hydrogen-bond donors (Lipinski definition) is 1. The van der Waals surface area contributed by atoms with Crippen molar-refractivity contribution in [1.82, 2.24) is 4.98 Å². The first-order chi connectivity index (χ1) is 7.67. The van der Waals surface area contributed by atoms with Crippen LogP contribution in [-0.4, -0.2) is 27.7 Å². The van der Waals surface area contributed by atoms with Crippen molar-refractivity contribution in [3.05, 3.63) is 29.0 Å². The average molecular weight is 275 g/mol. The number of hydrogen-bond acceptors (Lipinski definition) is 5. The number of rotatable bonds is 2. The Morgan fingerprint density at radius 1 is 1.31 bits per heavy atom. The Hall–Kier alpha value is -0.720. The summed E-state index contributed by atoms with van der Waals surface area (Å²) in [5.74, 6) is 0.253. The number of aromatic nitrogens is 1. The first-order valence-corrected chi connectivity index (χ1v) is 7.12. The third kappa shape index (κ3) is 4.03. The van der Waals surface area contributed by atoms with Crippen molar-refractivity contribution in [1.29, 1.82) is 0 Å². The molecule has 1 aromatic rings. The van der Waals surface area contributed by atoms with Crippen LogP contribution in [0.2, 0.25) is 5.15 Å². The lowest BCUT2D eigenvalue weighted by Gasteiger charge is -1.98. The minimum atomic E-state index is 0.253. The van der Waals surface area contributed by atoms with Gasteiger partial charge in [-0.05, 0) is 24.6 Å². The molecule has 0 amide bonds. The SMILES string of the molecule is CSC(=N/N=C(\N)c1cccc(Cl)n1)SC. The van der Waals surface area contributed by atoms with Crippen LogP contribution in [0.1, 0.15) is 5.69 Å². The second-order valence-corrected chi connectivity index (χ2v) is 4.84. The van der Waals surface area contributed by atoms with Gasteiger partial charge in [-0.2, -0.15) is 0 Å². The number of amidine groups is 1. The first kappa shape index (κ1) is 13.3. The van der Waals surface area contributed by atoms with Gasteiger partial charge in [-0.3, -0.25) is 0 Å². The van der Waals surface area contributed by atoms with Crippen LogP contribution in [0.3, 0.4) is 0 Å². The summed E-state index contributed by atoms with van der Waals surface area (Å²) in [5.41, 5.74) is 6.25. The zero-order valence-corrected chi connectivity index (χ0v) is 11.2. The van der Waals surface area contributed by atoms with Gasteiger partial charge in [-0.1, -0.05) is 17.7 Å². The summed E-state index contributed by atoms with van der Waals surface area (Å²) < 4.78 is 0.838. The molecule has 7 heteroatoms. The molecular formula is C9H11ClN4S2. The second kappa shape index (κ2) is 6.78. The fraction of sp³-hybridized carbons (Fsp3) is 0.222. The van der Waals surface area contributed by atoms with Crippen molar-refractivity contribution >= 4 is 45.3 Å². The average Bonchev–Trinajstić information content (AvgIpc) is 2.30. The number of pyridine rings is 1. The molecule has 0 radical (unpaired) electrons. The third-order valence-corrected chi connectivity index (χ3v) is 3.64. The Kier molecular flexibility index (Phi) is 5.65. The molecule has 2 N–H and O–H groups in total. The molecule has 0 saturated carbocycles. The van der Waals surface area contributed by atoms with E-state index in [0.29, 0.717) is 10.8 Å². The van der Waals surface area contributed by atoms with Crippen LogP contribution in [0.4, 0.5) is 0 Å². The van der Waals surface area contributed by atoms with E-state index in [4.69, 9.17) is 17.3 Å². The normalized spacial score (nSPS) is 11.3. The van der Waals surface area contributed by atoms with Gasteiger partial charge < -0.3 is 5.73 Å². The van der Waals surface area contributed by atoms with Crippen LogP contribution < -0.4 is 5.73 Å². The van der Waals surface area contributed by atoms with E-state index in [-0.39, 0.29) is 5.84 Å². The summed E-state index contributed by atoms with van der Waals surface area (Å²) in [6, 6.07) is 5.18. The standard InChI is InChI=1S/C9H11ClN4S2/c1-15-9(16-2)14-13-8(11)6-4-3-5-7(10)12-6/h3-5H,1-2H3,(H2,11,13). The largest absolute Gasteiger partial charge is 0.380 e. The van der Waals surface area contributed by atoms with Crippen LogP contribution in [-0.2, 0) is 0 Å². The topological polar surface area (TPSA) is 63.6 Å². The van der Waals surface area contributed by atoms with Crippen LogP contribution in [0.25, 0.3) is 0 Å². The van der Waals surface area contributed by atoms with Crippen LogP contribution in [0.5, 0.6) is 0 Å². The fourth-order valence-corrected chi connectivity index (χ4v) is 1.94. The van der Waals surface area contributed by atoms with Gasteiger partial charge in [-0.15, -0.1) is 33.7 Å². The van der Waals surface area contributed by atoms with Gasteiger partial charge in [0.2, 0.25) is 0 Å². The van der Waals surface area contributed by atoms with Gasteiger partial charge in [-0.25, -0.2) is 4.98 Å². The molecule has 1 aromatic heterocycles. The van der Waals surface area contributed by atoms with E-state index in [1.165, 1.54) is 23.5 Å². The van der Waals surface area contributed by atoms with Gasteiger partial charge in [0, 0.05) is 0 Å². The van der Waals surface area contributed by atoms with E-state index < -0.39 is 0 Å². The summed E-state index contributed by atoms with van der Waals surface area (Å²) in [5, 5.41) is 8.27. The van der Waals surface area contributed by atoms with E-state index in [2.05, 4.69) is 15.2 Å². The van der Waals surface area contributed by atoms with Crippen molar-refractivity contribution in [3.8, 4) is 0 Å². The molecule has 0 aromatic carbocycles. The zero-order valence-electron chi connectivity index (χ0n) is 8.85. The molecule has 0 aliphatic carbocycles. The van der Waals surface area contributed by atoms with E-state index in [1.807, 2.05) is 12.5 Å². The summed E-state index contributed by atoms with van der Waals surface area (Å²) in [4.78, 5) is 4.03. The van der Waals surface area contributed by atoms with Crippen molar-refractivity contribution in [2.45, 2.75) is 0 Å². The van der Waals surface area contributed by atoms with Crippen molar-refractivity contribution < 1.29 is 0 Å². The Morgan fingerprint density at radius 2 is 2.00 bits per heavy atom. The molecule has 0 aliphatic heterocycles. The fourth-order valence-electron chi connectivity index (χ4n) is 0.862. The van der Waals surface area contributed by atoms with Gasteiger partial charge in [0.1, 0.15) is 10.8 Å². The van der Waals surface area contributed by atoms with Crippen LogP contribution in [0, 0.1) is 0 Å². The maximum atomic E-state index is 5.74. The smallest absolute Gasteiger partial charge is 0.172 e. The maximum Gasteiger partial charge on any atom is 0.172 e. The molecule has 4 nitrogen and oxygen atoms in total. The molecule has 1 heterocycles. The lowest BCUT2D eigenvalue weighted by molar-refractivity contribution is 1.20. The first-order valence-electron chi connectivity index (χ1n) is 4.29. The monoisotopic (exact) mass is 274 g/mol. The molecule has 0 saturated heterocycles. The lowest BCUT2D eigenvalue weighted by Crippen LogP contribution is -2.14. The van der Waals surface area contributed by atoms with Crippen molar-refractivity contribution in [2.75, 3.05) is 12.5 Å². The molecular weight excluding hydrogens is 264 g/mol. The molecule has 0 bridgehead atoms. The predicted octanol–water partition coefficient (Wildman–Crippen LogP) is 2.44. The second-order valence-electron chi connectivity index (χ2n) is 2.60. The lowest BCUT2D eigenvalue weighted by atomic mass is 10.3. The van der Waals surface area contributed by atoms with E-state index in [9.17, 15) is 0 Å². The molecule has 1 rings (SSSR count). The molecule has 86 valence electrons. The van der Waals surface area contributed by atoms with Gasteiger partial charge >= 0.3 is 0 Å². The minimum absolute atomic E-state index is 0.253. The molecule has 0 fully saturated rings. The Balaban J connectivity index is 2.89. The molecule has 0 spiro atoms. The quantitative estimate of drug-likeness (QED) is 0.389. The van der Waals surface area contributed by atoms with Gasteiger partial charge in [0.05, 0.1) is 0 Å². The zero-order chi connectivity index (χ0) is 12.0. The minimum Gasteiger partial charge on any atom is -0.380 e. The van der Waals surface area contributed by atoms with E-state index >= 15 is 0 Å². The van der Waals surface area contributed by atoms with Gasteiger partial charge in [0.25, 0.3) is 0 Å². The number of thioether (sulfide) groups is 2. The third-order valence-electron chi connectivity index (χ3n) is 1.57. The number of nitrogens with two attached hydrogens (primary N) is 1. The highest BCUT2D eigenvalue weighted by molar-refractivity contribution is 8.38. The highest BCUT2D eigenvalue weighted by Gasteiger charge is 2.00. The number of nitrogens with zero attached hydrogens (tertiary/aromatic N) is 3. The van der Waals surface area contributed by atoms with E-state index in [1.54, 1.807) is 18.2 Å². The summed E-state index contributed by atoms with van der Waals surface area (Å²) in [7, 11) is 0. The molecule has 0 atom stereocenters. The van der Waals surface area contributed by atoms with Crippen LogP contribution >= 0.6 is 35.1 Å². The molecule has 16 heavy (non-hydrogen) atoms. The highest BCUT2D eigenvalue weighted by atomic mass is 35.5. The van der Waals surface area contributed by atoms with Crippen molar-refractivity contribution in [3.63, 3.8) is 0 Å². The Bertz CT molecular complexity index is 414.